The maximum absolute atomic E-state index is 12.7. The van der Waals surface area contributed by atoms with E-state index in [2.05, 4.69) is 25.3 Å². The first-order chi connectivity index (χ1) is 17.2. The quantitative estimate of drug-likeness (QED) is 0.420. The van der Waals surface area contributed by atoms with Gasteiger partial charge in [-0.15, -0.1) is 13.2 Å². The van der Waals surface area contributed by atoms with Crippen LogP contribution in [0.1, 0.15) is 35.2 Å². The van der Waals surface area contributed by atoms with Gasteiger partial charge in [-0.05, 0) is 31.0 Å². The summed E-state index contributed by atoms with van der Waals surface area (Å²) in [7, 11) is 0. The predicted molar refractivity (Wildman–Crippen MR) is 127 cm³/mol. The number of hydrogen-bond acceptors (Lipinski definition) is 7. The highest BCUT2D eigenvalue weighted by Crippen LogP contribution is 2.28. The molecule has 9 nitrogen and oxygen atoms in total. The molecular weight excluding hydrogens is 477 g/mol. The van der Waals surface area contributed by atoms with E-state index in [1.807, 2.05) is 0 Å². The van der Waals surface area contributed by atoms with Crippen LogP contribution in [0.2, 0.25) is 0 Å². The minimum atomic E-state index is -4.84. The first-order valence-electron chi connectivity index (χ1n) is 11.1. The number of nitrogens with one attached hydrogen (secondary N) is 2. The van der Waals surface area contributed by atoms with Crippen LogP contribution in [0.15, 0.2) is 54.9 Å². The highest BCUT2D eigenvalue weighted by molar-refractivity contribution is 5.98. The van der Waals surface area contributed by atoms with Crippen LogP contribution in [0.3, 0.4) is 0 Å². The molecule has 0 spiro atoms. The normalized spacial score (nSPS) is 13.9. The topological polar surface area (TPSA) is 122 Å². The number of piperidine rings is 1. The number of aromatic nitrogens is 2. The summed E-state index contributed by atoms with van der Waals surface area (Å²) in [5, 5.41) is 5.93. The fourth-order valence-corrected chi connectivity index (χ4v) is 3.76. The van der Waals surface area contributed by atoms with Crippen molar-refractivity contribution in [3.63, 3.8) is 0 Å². The molecule has 1 aliphatic rings. The van der Waals surface area contributed by atoms with Crippen molar-refractivity contribution in [1.29, 1.82) is 0 Å². The third-order valence-corrected chi connectivity index (χ3v) is 5.48. The molecule has 0 saturated carbocycles. The molecular formula is C24H23F3N6O3. The minimum Gasteiger partial charge on any atom is -0.405 e. The Morgan fingerprint density at radius 1 is 1.08 bits per heavy atom. The first-order valence-corrected chi connectivity index (χ1v) is 11.1. The fraction of sp³-hybridized carbons (Fsp3) is 0.250. The van der Waals surface area contributed by atoms with Gasteiger partial charge in [0.05, 0.1) is 23.1 Å². The van der Waals surface area contributed by atoms with Gasteiger partial charge in [-0.25, -0.2) is 9.97 Å². The van der Waals surface area contributed by atoms with E-state index >= 15 is 0 Å². The summed E-state index contributed by atoms with van der Waals surface area (Å²) < 4.78 is 42.2. The second kappa shape index (κ2) is 10.5. The molecule has 1 aliphatic heterocycles. The number of pyridine rings is 2. The number of hydrogen-bond donors (Lipinski definition) is 3. The number of halogens is 3. The standard InChI is InChI=1S/C24H23F3N6O3/c25-24(26,27)36-19-6-2-1-5-15(19)12-29-18-11-21(31-14-17(18)23(28)35)32-20-9-8-16(13-30-20)33-10-4-3-7-22(33)34/h1-2,5-6,8-9,11,13-14H,3-4,7,10,12H2,(H2,28,35)(H2,29,30,31,32). The summed E-state index contributed by atoms with van der Waals surface area (Å²) in [6.45, 7) is 0.572. The lowest BCUT2D eigenvalue weighted by Gasteiger charge is -2.26. The Balaban J connectivity index is 1.50. The van der Waals surface area contributed by atoms with Gasteiger partial charge < -0.3 is 26.0 Å². The Hall–Kier alpha value is -4.35. The number of para-hydroxylation sites is 1. The number of anilines is 4. The molecule has 0 radical (unpaired) electrons. The number of carbonyl (C=O) groups excluding carboxylic acids is 2. The van der Waals surface area contributed by atoms with Gasteiger partial charge in [0.2, 0.25) is 5.91 Å². The van der Waals surface area contributed by atoms with Gasteiger partial charge >= 0.3 is 6.36 Å². The molecule has 4 N–H and O–H groups in total. The van der Waals surface area contributed by atoms with Crippen LogP contribution in [0.4, 0.5) is 36.2 Å². The molecule has 1 saturated heterocycles. The Bertz CT molecular complexity index is 1250. The number of amides is 2. The van der Waals surface area contributed by atoms with E-state index in [1.165, 1.54) is 30.5 Å². The molecule has 0 unspecified atom stereocenters. The molecule has 4 rings (SSSR count). The van der Waals surface area contributed by atoms with Gasteiger partial charge in [-0.2, -0.15) is 0 Å². The zero-order valence-electron chi connectivity index (χ0n) is 19.0. The molecule has 0 aliphatic carbocycles. The molecule has 3 heterocycles. The molecule has 12 heteroatoms. The summed E-state index contributed by atoms with van der Waals surface area (Å²) in [6, 6.07) is 10.6. The largest absolute Gasteiger partial charge is 0.573 e. The molecule has 1 aromatic carbocycles. The zero-order valence-corrected chi connectivity index (χ0v) is 19.0. The monoisotopic (exact) mass is 500 g/mol. The van der Waals surface area contributed by atoms with Gasteiger partial charge in [-0.1, -0.05) is 18.2 Å². The number of rotatable bonds is 8. The number of benzene rings is 1. The number of primary amides is 1. The van der Waals surface area contributed by atoms with Crippen LogP contribution in [0, 0.1) is 0 Å². The van der Waals surface area contributed by atoms with E-state index in [0.29, 0.717) is 30.3 Å². The molecule has 0 atom stereocenters. The lowest BCUT2D eigenvalue weighted by Crippen LogP contribution is -2.35. The molecule has 2 aromatic heterocycles. The molecule has 188 valence electrons. The first kappa shape index (κ1) is 24.8. The summed E-state index contributed by atoms with van der Waals surface area (Å²) >= 11 is 0. The maximum atomic E-state index is 12.7. The lowest BCUT2D eigenvalue weighted by atomic mass is 10.1. The van der Waals surface area contributed by atoms with Crippen molar-refractivity contribution in [2.24, 2.45) is 5.73 Å². The van der Waals surface area contributed by atoms with Crippen LogP contribution in [-0.4, -0.2) is 34.7 Å². The van der Waals surface area contributed by atoms with E-state index in [4.69, 9.17) is 5.73 Å². The molecule has 1 fully saturated rings. The van der Waals surface area contributed by atoms with Crippen LogP contribution in [0.25, 0.3) is 0 Å². The van der Waals surface area contributed by atoms with Crippen molar-refractivity contribution in [2.45, 2.75) is 32.2 Å². The van der Waals surface area contributed by atoms with Crippen molar-refractivity contribution < 1.29 is 27.5 Å². The molecule has 2 amide bonds. The number of ether oxygens (including phenoxy) is 1. The van der Waals surface area contributed by atoms with Gasteiger partial charge in [0.25, 0.3) is 5.91 Å². The average Bonchev–Trinajstić information content (AvgIpc) is 2.83. The fourth-order valence-electron chi connectivity index (χ4n) is 3.76. The van der Waals surface area contributed by atoms with E-state index in [9.17, 15) is 22.8 Å². The third kappa shape index (κ3) is 6.20. The van der Waals surface area contributed by atoms with E-state index in [1.54, 1.807) is 29.3 Å². The van der Waals surface area contributed by atoms with Crippen LogP contribution in [0.5, 0.6) is 5.75 Å². The van der Waals surface area contributed by atoms with Crippen molar-refractivity contribution in [1.82, 2.24) is 9.97 Å². The Morgan fingerprint density at radius 3 is 2.56 bits per heavy atom. The molecule has 0 bridgehead atoms. The van der Waals surface area contributed by atoms with Crippen LogP contribution < -0.4 is 26.0 Å². The van der Waals surface area contributed by atoms with Crippen molar-refractivity contribution in [3.05, 3.63) is 66.0 Å². The average molecular weight is 500 g/mol. The third-order valence-electron chi connectivity index (χ3n) is 5.48. The highest BCUT2D eigenvalue weighted by Gasteiger charge is 2.32. The predicted octanol–water partition coefficient (Wildman–Crippen LogP) is 4.35. The van der Waals surface area contributed by atoms with Crippen molar-refractivity contribution >= 4 is 34.8 Å². The summed E-state index contributed by atoms with van der Waals surface area (Å²) in [6.07, 6.45) is 0.327. The highest BCUT2D eigenvalue weighted by atomic mass is 19.4. The number of alkyl halides is 3. The number of carbonyl (C=O) groups is 2. The second-order valence-corrected chi connectivity index (χ2v) is 8.02. The Labute approximate surface area is 204 Å². The molecule has 3 aromatic rings. The van der Waals surface area contributed by atoms with E-state index in [-0.39, 0.29) is 35.0 Å². The van der Waals surface area contributed by atoms with Crippen molar-refractivity contribution in [2.75, 3.05) is 22.1 Å². The van der Waals surface area contributed by atoms with Gasteiger partial charge in [0.15, 0.2) is 0 Å². The van der Waals surface area contributed by atoms with E-state index < -0.39 is 12.3 Å². The van der Waals surface area contributed by atoms with Crippen LogP contribution in [-0.2, 0) is 11.3 Å². The van der Waals surface area contributed by atoms with Crippen molar-refractivity contribution in [3.8, 4) is 5.75 Å². The molecule has 36 heavy (non-hydrogen) atoms. The minimum absolute atomic E-state index is 0.0571. The van der Waals surface area contributed by atoms with Gasteiger partial charge in [0.1, 0.15) is 17.4 Å². The number of nitrogens with two attached hydrogens (primary N) is 1. The Morgan fingerprint density at radius 2 is 1.86 bits per heavy atom. The summed E-state index contributed by atoms with van der Waals surface area (Å²) in [4.78, 5) is 34.2. The maximum Gasteiger partial charge on any atom is 0.573 e. The SMILES string of the molecule is NC(=O)c1cnc(Nc2ccc(N3CCCCC3=O)cn2)cc1NCc1ccccc1OC(F)(F)F. The number of nitrogens with zero attached hydrogens (tertiary/aromatic N) is 3. The summed E-state index contributed by atoms with van der Waals surface area (Å²) in [5.74, 6) is -0.300. The second-order valence-electron chi connectivity index (χ2n) is 8.02. The van der Waals surface area contributed by atoms with Crippen LogP contribution >= 0.6 is 0 Å². The Kier molecular flexibility index (Phi) is 7.23. The smallest absolute Gasteiger partial charge is 0.405 e. The van der Waals surface area contributed by atoms with Gasteiger partial charge in [0, 0.05) is 37.3 Å². The van der Waals surface area contributed by atoms with Gasteiger partial charge in [-0.3, -0.25) is 9.59 Å². The summed E-state index contributed by atoms with van der Waals surface area (Å²) in [5.41, 5.74) is 6.68. The lowest BCUT2D eigenvalue weighted by molar-refractivity contribution is -0.274. The zero-order chi connectivity index (χ0) is 25.7. The van der Waals surface area contributed by atoms with E-state index in [0.717, 1.165) is 12.8 Å².